The predicted octanol–water partition coefficient (Wildman–Crippen LogP) is -0.656. The van der Waals surface area contributed by atoms with E-state index in [1.54, 1.807) is 6.92 Å². The van der Waals surface area contributed by atoms with Gasteiger partial charge in [0.25, 0.3) is 0 Å². The number of hydrogen-bond acceptors (Lipinski definition) is 4. The summed E-state index contributed by atoms with van der Waals surface area (Å²) in [6, 6.07) is -0.802. The number of morpholine rings is 1. The molecule has 1 rings (SSSR count). The second kappa shape index (κ2) is 6.44. The van der Waals surface area contributed by atoms with Gasteiger partial charge < -0.3 is 20.5 Å². The summed E-state index contributed by atoms with van der Waals surface area (Å²) < 4.78 is 5.35. The highest BCUT2D eigenvalue weighted by Gasteiger charge is 2.21. The zero-order valence-corrected chi connectivity index (χ0v) is 9.36. The van der Waals surface area contributed by atoms with Gasteiger partial charge in [-0.3, -0.25) is 4.79 Å². The van der Waals surface area contributed by atoms with Gasteiger partial charge in [0.1, 0.15) is 6.04 Å². The SMILES string of the molecule is CC[C@@H](NC(=O)CC1CNCCO1)C(=O)O. The molecular weight excluding hydrogens is 212 g/mol. The van der Waals surface area contributed by atoms with Crippen LogP contribution in [0.2, 0.25) is 0 Å². The van der Waals surface area contributed by atoms with Gasteiger partial charge in [-0.05, 0) is 6.42 Å². The van der Waals surface area contributed by atoms with Crippen LogP contribution in [0.4, 0.5) is 0 Å². The molecule has 6 heteroatoms. The second-order valence-electron chi connectivity index (χ2n) is 3.77. The third-order valence-electron chi connectivity index (χ3n) is 2.46. The Hall–Kier alpha value is -1.14. The van der Waals surface area contributed by atoms with Gasteiger partial charge in [0.15, 0.2) is 0 Å². The topological polar surface area (TPSA) is 87.7 Å². The van der Waals surface area contributed by atoms with Crippen molar-refractivity contribution in [2.24, 2.45) is 0 Å². The van der Waals surface area contributed by atoms with Crippen LogP contribution in [0, 0.1) is 0 Å². The first kappa shape index (κ1) is 12.9. The molecule has 1 saturated heterocycles. The van der Waals surface area contributed by atoms with E-state index in [2.05, 4.69) is 10.6 Å². The Morgan fingerprint density at radius 2 is 2.38 bits per heavy atom. The van der Waals surface area contributed by atoms with Crippen molar-refractivity contribution >= 4 is 11.9 Å². The van der Waals surface area contributed by atoms with E-state index in [9.17, 15) is 9.59 Å². The molecule has 0 aromatic rings. The molecule has 0 aromatic heterocycles. The number of hydrogen-bond donors (Lipinski definition) is 3. The van der Waals surface area contributed by atoms with Gasteiger partial charge >= 0.3 is 5.97 Å². The predicted molar refractivity (Wildman–Crippen MR) is 57.1 cm³/mol. The zero-order valence-electron chi connectivity index (χ0n) is 9.36. The van der Waals surface area contributed by atoms with Crippen LogP contribution in [0.15, 0.2) is 0 Å². The number of carboxylic acids is 1. The van der Waals surface area contributed by atoms with E-state index in [0.717, 1.165) is 6.54 Å². The highest BCUT2D eigenvalue weighted by molar-refractivity contribution is 5.83. The summed E-state index contributed by atoms with van der Waals surface area (Å²) in [6.07, 6.45) is 0.432. The van der Waals surface area contributed by atoms with Crippen molar-refractivity contribution in [3.63, 3.8) is 0 Å². The van der Waals surface area contributed by atoms with Crippen LogP contribution in [0.3, 0.4) is 0 Å². The summed E-state index contributed by atoms with van der Waals surface area (Å²) in [6.45, 7) is 3.74. The maximum Gasteiger partial charge on any atom is 0.326 e. The molecule has 1 heterocycles. The minimum atomic E-state index is -1.00. The minimum absolute atomic E-state index is 0.153. The third kappa shape index (κ3) is 4.16. The first-order valence-corrected chi connectivity index (χ1v) is 5.48. The number of ether oxygens (including phenoxy) is 1. The molecule has 0 aromatic carbocycles. The van der Waals surface area contributed by atoms with Crippen molar-refractivity contribution in [2.45, 2.75) is 31.9 Å². The molecule has 0 saturated carbocycles. The molecule has 1 aliphatic heterocycles. The summed E-state index contributed by atoms with van der Waals surface area (Å²) in [5.41, 5.74) is 0. The Balaban J connectivity index is 2.31. The molecule has 0 spiro atoms. The van der Waals surface area contributed by atoms with Crippen molar-refractivity contribution in [3.8, 4) is 0 Å². The maximum absolute atomic E-state index is 11.5. The van der Waals surface area contributed by atoms with E-state index in [1.165, 1.54) is 0 Å². The molecular formula is C10H18N2O4. The molecule has 92 valence electrons. The molecule has 0 bridgehead atoms. The Bertz CT molecular complexity index is 251. The van der Waals surface area contributed by atoms with E-state index in [0.29, 0.717) is 19.6 Å². The summed E-state index contributed by atoms with van der Waals surface area (Å²) in [5, 5.41) is 14.3. The van der Waals surface area contributed by atoms with Crippen LogP contribution >= 0.6 is 0 Å². The van der Waals surface area contributed by atoms with Gasteiger partial charge in [-0.1, -0.05) is 6.92 Å². The smallest absolute Gasteiger partial charge is 0.326 e. The highest BCUT2D eigenvalue weighted by atomic mass is 16.5. The summed E-state index contributed by atoms with van der Waals surface area (Å²) in [7, 11) is 0. The van der Waals surface area contributed by atoms with Gasteiger partial charge in [0.05, 0.1) is 19.1 Å². The fourth-order valence-corrected chi connectivity index (χ4v) is 1.55. The van der Waals surface area contributed by atoms with Crippen LogP contribution < -0.4 is 10.6 Å². The van der Waals surface area contributed by atoms with Crippen LogP contribution in [-0.2, 0) is 14.3 Å². The summed E-state index contributed by atoms with van der Waals surface area (Å²) >= 11 is 0. The minimum Gasteiger partial charge on any atom is -0.480 e. The van der Waals surface area contributed by atoms with Crippen molar-refractivity contribution < 1.29 is 19.4 Å². The van der Waals surface area contributed by atoms with E-state index >= 15 is 0 Å². The number of carboxylic acid groups (broad SMARTS) is 1. The molecule has 16 heavy (non-hydrogen) atoms. The lowest BCUT2D eigenvalue weighted by Crippen LogP contribution is -2.45. The van der Waals surface area contributed by atoms with Crippen molar-refractivity contribution in [1.82, 2.24) is 10.6 Å². The van der Waals surface area contributed by atoms with Gasteiger partial charge in [0, 0.05) is 13.1 Å². The number of nitrogens with one attached hydrogen (secondary N) is 2. The molecule has 1 amide bonds. The van der Waals surface area contributed by atoms with Crippen molar-refractivity contribution in [1.29, 1.82) is 0 Å². The van der Waals surface area contributed by atoms with E-state index in [-0.39, 0.29) is 18.4 Å². The quantitative estimate of drug-likeness (QED) is 0.584. The summed E-state index contributed by atoms with van der Waals surface area (Å²) in [5.74, 6) is -1.28. The van der Waals surface area contributed by atoms with Crippen LogP contribution in [0.1, 0.15) is 19.8 Å². The Morgan fingerprint density at radius 3 is 2.88 bits per heavy atom. The molecule has 1 fully saturated rings. The fraction of sp³-hybridized carbons (Fsp3) is 0.800. The monoisotopic (exact) mass is 230 g/mol. The summed E-state index contributed by atoms with van der Waals surface area (Å²) in [4.78, 5) is 22.2. The van der Waals surface area contributed by atoms with E-state index < -0.39 is 12.0 Å². The number of carbonyl (C=O) groups is 2. The third-order valence-corrected chi connectivity index (χ3v) is 2.46. The first-order valence-electron chi connectivity index (χ1n) is 5.48. The number of carbonyl (C=O) groups excluding carboxylic acids is 1. The number of rotatable bonds is 5. The average molecular weight is 230 g/mol. The molecule has 3 N–H and O–H groups in total. The lowest BCUT2D eigenvalue weighted by atomic mass is 10.2. The normalized spacial score (nSPS) is 22.4. The fourth-order valence-electron chi connectivity index (χ4n) is 1.55. The second-order valence-corrected chi connectivity index (χ2v) is 3.77. The molecule has 1 unspecified atom stereocenters. The maximum atomic E-state index is 11.5. The number of amides is 1. The van der Waals surface area contributed by atoms with E-state index in [1.807, 2.05) is 0 Å². The lowest BCUT2D eigenvalue weighted by molar-refractivity contribution is -0.142. The van der Waals surface area contributed by atoms with Gasteiger partial charge in [0.2, 0.25) is 5.91 Å². The zero-order chi connectivity index (χ0) is 12.0. The first-order chi connectivity index (χ1) is 7.63. The van der Waals surface area contributed by atoms with Crippen molar-refractivity contribution in [2.75, 3.05) is 19.7 Å². The van der Waals surface area contributed by atoms with Gasteiger partial charge in [-0.15, -0.1) is 0 Å². The molecule has 1 aliphatic rings. The van der Waals surface area contributed by atoms with Gasteiger partial charge in [-0.25, -0.2) is 4.79 Å². The Labute approximate surface area is 94.3 Å². The molecule has 0 radical (unpaired) electrons. The molecule has 6 nitrogen and oxygen atoms in total. The van der Waals surface area contributed by atoms with Crippen LogP contribution in [-0.4, -0.2) is 48.8 Å². The largest absolute Gasteiger partial charge is 0.480 e. The average Bonchev–Trinajstić information content (AvgIpc) is 2.27. The van der Waals surface area contributed by atoms with Crippen molar-refractivity contribution in [3.05, 3.63) is 0 Å². The van der Waals surface area contributed by atoms with Crippen LogP contribution in [0.25, 0.3) is 0 Å². The Kier molecular flexibility index (Phi) is 5.21. The van der Waals surface area contributed by atoms with E-state index in [4.69, 9.17) is 9.84 Å². The van der Waals surface area contributed by atoms with Crippen LogP contribution in [0.5, 0.6) is 0 Å². The lowest BCUT2D eigenvalue weighted by Gasteiger charge is -2.23. The molecule has 2 atom stereocenters. The Morgan fingerprint density at radius 1 is 1.62 bits per heavy atom. The standard InChI is InChI=1S/C10H18N2O4/c1-2-8(10(14)15)12-9(13)5-7-6-11-3-4-16-7/h7-8,11H,2-6H2,1H3,(H,12,13)(H,14,15)/t7?,8-/m1/s1. The van der Waals surface area contributed by atoms with Gasteiger partial charge in [-0.2, -0.15) is 0 Å². The highest BCUT2D eigenvalue weighted by Crippen LogP contribution is 2.02. The molecule has 0 aliphatic carbocycles. The number of aliphatic carboxylic acids is 1.